The summed E-state index contributed by atoms with van der Waals surface area (Å²) in [6.45, 7) is 10.2. The maximum atomic E-state index is 13.8. The lowest BCUT2D eigenvalue weighted by molar-refractivity contribution is -0.120. The van der Waals surface area contributed by atoms with Gasteiger partial charge in [0, 0.05) is 31.1 Å². The molecule has 4 saturated carbocycles. The number of hydrogen-bond donors (Lipinski definition) is 3. The summed E-state index contributed by atoms with van der Waals surface area (Å²) < 4.78 is 13.2. The number of carbonyl (C=O) groups excluding carboxylic acids is 3. The van der Waals surface area contributed by atoms with Gasteiger partial charge in [-0.2, -0.15) is 5.10 Å². The van der Waals surface area contributed by atoms with Crippen LogP contribution in [0.4, 0.5) is 4.79 Å². The SMILES string of the molecule is CNC(=O)OCC12CC3CC(C1)CC(NC(=O)c1cnn(/C=C/C(C)(C)NC(C)=O)c1OCC(C)C)(C3)C2. The van der Waals surface area contributed by atoms with E-state index in [2.05, 4.69) is 21.0 Å². The molecule has 210 valence electrons. The van der Waals surface area contributed by atoms with Gasteiger partial charge in [-0.15, -0.1) is 0 Å². The fourth-order valence-corrected chi connectivity index (χ4v) is 7.12. The quantitative estimate of drug-likeness (QED) is 0.424. The Hall–Kier alpha value is -3.04. The van der Waals surface area contributed by atoms with Gasteiger partial charge in [0.1, 0.15) is 5.56 Å². The van der Waals surface area contributed by atoms with Crippen molar-refractivity contribution in [2.45, 2.75) is 84.2 Å². The zero-order valence-corrected chi connectivity index (χ0v) is 23.6. The first-order valence-corrected chi connectivity index (χ1v) is 13.7. The van der Waals surface area contributed by atoms with E-state index in [-0.39, 0.29) is 28.7 Å². The molecule has 0 aliphatic heterocycles. The van der Waals surface area contributed by atoms with E-state index in [1.165, 1.54) is 13.3 Å². The van der Waals surface area contributed by atoms with E-state index in [0.29, 0.717) is 36.5 Å². The number of hydrogen-bond acceptors (Lipinski definition) is 6. The Kier molecular flexibility index (Phi) is 7.81. The molecule has 4 aliphatic carbocycles. The predicted molar refractivity (Wildman–Crippen MR) is 144 cm³/mol. The van der Waals surface area contributed by atoms with E-state index in [9.17, 15) is 14.4 Å². The molecule has 3 N–H and O–H groups in total. The minimum absolute atomic E-state index is 0.0942. The second-order valence-electron chi connectivity index (χ2n) is 12.8. The highest BCUT2D eigenvalue weighted by atomic mass is 16.5. The van der Waals surface area contributed by atoms with E-state index < -0.39 is 11.6 Å². The second kappa shape index (κ2) is 10.6. The number of alkyl carbamates (subject to hydrolysis) is 1. The van der Waals surface area contributed by atoms with Crippen molar-refractivity contribution in [3.8, 4) is 5.88 Å². The standard InChI is InChI=1S/C28H43N5O5/c1-18(2)15-37-24-22(14-30-33(24)8-7-26(4,5)31-19(3)34)23(35)32-28-12-20-9-21(13-28)11-27(10-20,16-28)17-38-25(36)29-6/h7-8,14,18,20-21H,9-13,15-17H2,1-6H3,(H,29,36)(H,31,34)(H,32,35)/b8-7+. The molecule has 4 fully saturated rings. The van der Waals surface area contributed by atoms with Gasteiger partial charge in [-0.25, -0.2) is 9.48 Å². The Bertz CT molecular complexity index is 1080. The maximum Gasteiger partial charge on any atom is 0.406 e. The summed E-state index contributed by atoms with van der Waals surface area (Å²) in [6.07, 6.45) is 10.6. The van der Waals surface area contributed by atoms with Crippen molar-refractivity contribution >= 4 is 24.1 Å². The van der Waals surface area contributed by atoms with Gasteiger partial charge in [0.25, 0.3) is 5.91 Å². The van der Waals surface area contributed by atoms with Crippen LogP contribution in [0.3, 0.4) is 0 Å². The van der Waals surface area contributed by atoms with Crippen LogP contribution in [0.5, 0.6) is 5.88 Å². The predicted octanol–water partition coefficient (Wildman–Crippen LogP) is 3.73. The third kappa shape index (κ3) is 6.32. The number of rotatable bonds is 10. The summed E-state index contributed by atoms with van der Waals surface area (Å²) in [4.78, 5) is 37.1. The molecule has 4 bridgehead atoms. The normalized spacial score (nSPS) is 28.0. The number of nitrogens with zero attached hydrogens (tertiary/aromatic N) is 2. The topological polar surface area (TPSA) is 124 Å². The lowest BCUT2D eigenvalue weighted by atomic mass is 9.47. The molecule has 10 heteroatoms. The van der Waals surface area contributed by atoms with Gasteiger partial charge >= 0.3 is 6.09 Å². The van der Waals surface area contributed by atoms with Crippen LogP contribution in [0.15, 0.2) is 12.3 Å². The Morgan fingerprint density at radius 3 is 2.50 bits per heavy atom. The molecule has 4 aliphatic rings. The zero-order chi connectivity index (χ0) is 27.7. The van der Waals surface area contributed by atoms with E-state index in [0.717, 1.165) is 32.1 Å². The lowest BCUT2D eigenvalue weighted by Crippen LogP contribution is -2.64. The molecule has 0 aromatic carbocycles. The molecule has 1 aromatic rings. The molecule has 0 saturated heterocycles. The van der Waals surface area contributed by atoms with Gasteiger partial charge in [0.05, 0.1) is 24.9 Å². The highest BCUT2D eigenvalue weighted by Gasteiger charge is 2.58. The van der Waals surface area contributed by atoms with Gasteiger partial charge in [-0.1, -0.05) is 13.8 Å². The fourth-order valence-electron chi connectivity index (χ4n) is 7.12. The molecular weight excluding hydrogens is 486 g/mol. The first-order chi connectivity index (χ1) is 17.8. The van der Waals surface area contributed by atoms with Crippen LogP contribution in [0.25, 0.3) is 6.20 Å². The highest BCUT2D eigenvalue weighted by Crippen LogP contribution is 2.61. The van der Waals surface area contributed by atoms with E-state index >= 15 is 0 Å². The van der Waals surface area contributed by atoms with Gasteiger partial charge in [-0.3, -0.25) is 9.59 Å². The summed E-state index contributed by atoms with van der Waals surface area (Å²) in [5, 5.41) is 13.2. The van der Waals surface area contributed by atoms with Crippen molar-refractivity contribution in [1.82, 2.24) is 25.7 Å². The third-order valence-electron chi connectivity index (χ3n) is 7.95. The zero-order valence-electron chi connectivity index (χ0n) is 23.6. The molecule has 2 atom stereocenters. The Balaban J connectivity index is 1.55. The van der Waals surface area contributed by atoms with Gasteiger partial charge in [-0.05, 0) is 76.2 Å². The van der Waals surface area contributed by atoms with Crippen molar-refractivity contribution in [2.24, 2.45) is 23.2 Å². The van der Waals surface area contributed by atoms with Crippen LogP contribution in [0.1, 0.15) is 83.5 Å². The summed E-state index contributed by atoms with van der Waals surface area (Å²) in [6, 6.07) is 0. The monoisotopic (exact) mass is 529 g/mol. The molecule has 5 rings (SSSR count). The summed E-state index contributed by atoms with van der Waals surface area (Å²) in [5.74, 6) is 1.34. The van der Waals surface area contributed by atoms with E-state index in [4.69, 9.17) is 9.47 Å². The molecule has 0 spiro atoms. The number of nitrogens with one attached hydrogen (secondary N) is 3. The Labute approximate surface area is 225 Å². The molecular formula is C28H43N5O5. The van der Waals surface area contributed by atoms with Crippen molar-refractivity contribution in [1.29, 1.82) is 0 Å². The summed E-state index contributed by atoms with van der Waals surface area (Å²) >= 11 is 0. The molecule has 38 heavy (non-hydrogen) atoms. The van der Waals surface area contributed by atoms with E-state index in [1.807, 2.05) is 33.8 Å². The van der Waals surface area contributed by atoms with Gasteiger partial charge in [0.2, 0.25) is 11.8 Å². The molecule has 2 unspecified atom stereocenters. The Morgan fingerprint density at radius 1 is 1.21 bits per heavy atom. The van der Waals surface area contributed by atoms with Crippen molar-refractivity contribution in [2.75, 3.05) is 20.3 Å². The molecule has 1 heterocycles. The van der Waals surface area contributed by atoms with Crippen LogP contribution < -0.4 is 20.7 Å². The van der Waals surface area contributed by atoms with Crippen LogP contribution >= 0.6 is 0 Å². The number of aromatic nitrogens is 2. The number of amides is 3. The summed E-state index contributed by atoms with van der Waals surface area (Å²) in [7, 11) is 1.57. The second-order valence-corrected chi connectivity index (χ2v) is 12.8. The van der Waals surface area contributed by atoms with Crippen LogP contribution in [0.2, 0.25) is 0 Å². The third-order valence-corrected chi connectivity index (χ3v) is 7.95. The van der Waals surface area contributed by atoms with Crippen molar-refractivity contribution < 1.29 is 23.9 Å². The van der Waals surface area contributed by atoms with E-state index in [1.54, 1.807) is 24.1 Å². The minimum atomic E-state index is -0.597. The minimum Gasteiger partial charge on any atom is -0.477 e. The summed E-state index contributed by atoms with van der Waals surface area (Å²) in [5.41, 5.74) is -0.629. The average Bonchev–Trinajstić information content (AvgIpc) is 3.21. The van der Waals surface area contributed by atoms with Crippen molar-refractivity contribution in [3.05, 3.63) is 17.8 Å². The Morgan fingerprint density at radius 2 is 1.89 bits per heavy atom. The fraction of sp³-hybridized carbons (Fsp3) is 0.714. The lowest BCUT2D eigenvalue weighted by Gasteiger charge is -2.61. The van der Waals surface area contributed by atoms with Crippen molar-refractivity contribution in [3.63, 3.8) is 0 Å². The average molecular weight is 530 g/mol. The number of carbonyl (C=O) groups is 3. The number of ether oxygens (including phenoxy) is 2. The maximum absolute atomic E-state index is 13.8. The van der Waals surface area contributed by atoms with Crippen LogP contribution in [-0.2, 0) is 9.53 Å². The largest absolute Gasteiger partial charge is 0.477 e. The van der Waals surface area contributed by atoms with Gasteiger partial charge in [0.15, 0.2) is 0 Å². The first-order valence-electron chi connectivity index (χ1n) is 13.7. The molecule has 1 aromatic heterocycles. The van der Waals surface area contributed by atoms with Crippen LogP contribution in [-0.4, -0.2) is 59.0 Å². The molecule has 10 nitrogen and oxygen atoms in total. The molecule has 0 radical (unpaired) electrons. The first kappa shape index (κ1) is 28.0. The van der Waals surface area contributed by atoms with Gasteiger partial charge < -0.3 is 25.4 Å². The highest BCUT2D eigenvalue weighted by molar-refractivity contribution is 5.97. The smallest absolute Gasteiger partial charge is 0.406 e. The molecule has 3 amide bonds. The van der Waals surface area contributed by atoms with Crippen LogP contribution in [0, 0.1) is 23.2 Å².